The fraction of sp³-hybridized carbons (Fsp3) is 0.385. The molecule has 104 valence electrons. The number of benzene rings is 1. The molecule has 6 heteroatoms. The lowest BCUT2D eigenvalue weighted by Gasteiger charge is -2.09. The Morgan fingerprint density at radius 3 is 2.63 bits per heavy atom. The molecule has 0 unspecified atom stereocenters. The van der Waals surface area contributed by atoms with Gasteiger partial charge >= 0.3 is 0 Å². The van der Waals surface area contributed by atoms with Gasteiger partial charge in [-0.25, -0.2) is 4.39 Å². The zero-order valence-electron chi connectivity index (χ0n) is 10.8. The average Bonchev–Trinajstić information content (AvgIpc) is 2.36. The van der Waals surface area contributed by atoms with Crippen LogP contribution in [-0.4, -0.2) is 24.9 Å². The molecule has 4 nitrogen and oxygen atoms in total. The number of hydrogen-bond acceptors (Lipinski definition) is 2. The first kappa shape index (κ1) is 15.4. The highest BCUT2D eigenvalue weighted by molar-refractivity contribution is 6.31. The molecule has 2 amide bonds. The molecular formula is C13H16ClFN2O2. The molecule has 0 bridgehead atoms. The van der Waals surface area contributed by atoms with E-state index >= 15 is 0 Å². The van der Waals surface area contributed by atoms with Crippen LogP contribution in [-0.2, 0) is 4.79 Å². The molecule has 0 aliphatic rings. The topological polar surface area (TPSA) is 58.2 Å². The summed E-state index contributed by atoms with van der Waals surface area (Å²) in [6.07, 6.45) is 0. The molecule has 0 atom stereocenters. The van der Waals surface area contributed by atoms with E-state index in [-0.39, 0.29) is 23.0 Å². The van der Waals surface area contributed by atoms with Gasteiger partial charge in [-0.05, 0) is 24.1 Å². The van der Waals surface area contributed by atoms with E-state index in [1.165, 1.54) is 12.1 Å². The van der Waals surface area contributed by atoms with Crippen LogP contribution in [0.1, 0.15) is 24.2 Å². The van der Waals surface area contributed by atoms with Crippen molar-refractivity contribution < 1.29 is 14.0 Å². The second kappa shape index (κ2) is 7.09. The van der Waals surface area contributed by atoms with Gasteiger partial charge in [0.15, 0.2) is 0 Å². The third-order valence-electron chi connectivity index (χ3n) is 2.29. The smallest absolute Gasteiger partial charge is 0.254 e. The first-order valence-corrected chi connectivity index (χ1v) is 6.28. The van der Waals surface area contributed by atoms with Crippen LogP contribution >= 0.6 is 11.6 Å². The van der Waals surface area contributed by atoms with Crippen LogP contribution in [0.2, 0.25) is 5.02 Å². The van der Waals surface area contributed by atoms with Crippen molar-refractivity contribution in [3.05, 3.63) is 34.6 Å². The zero-order valence-corrected chi connectivity index (χ0v) is 11.6. The maximum atomic E-state index is 13.4. The fourth-order valence-electron chi connectivity index (χ4n) is 1.31. The van der Waals surface area contributed by atoms with E-state index < -0.39 is 11.7 Å². The highest BCUT2D eigenvalue weighted by atomic mass is 35.5. The molecule has 0 heterocycles. The number of amides is 2. The molecule has 0 saturated heterocycles. The summed E-state index contributed by atoms with van der Waals surface area (Å²) in [7, 11) is 0. The standard InChI is InChI=1S/C13H16ClFN2O2/c1-8(2)6-16-12(18)7-17-13(19)10-5-9(14)3-4-11(10)15/h3-5,8H,6-7H2,1-2H3,(H,16,18)(H,17,19). The molecule has 2 N–H and O–H groups in total. The Balaban J connectivity index is 2.51. The van der Waals surface area contributed by atoms with E-state index in [9.17, 15) is 14.0 Å². The average molecular weight is 287 g/mol. The van der Waals surface area contributed by atoms with Crippen LogP contribution in [0.4, 0.5) is 4.39 Å². The van der Waals surface area contributed by atoms with Gasteiger partial charge in [-0.2, -0.15) is 0 Å². The Bertz CT molecular complexity index is 478. The van der Waals surface area contributed by atoms with Crippen molar-refractivity contribution in [2.75, 3.05) is 13.1 Å². The van der Waals surface area contributed by atoms with E-state index in [2.05, 4.69) is 10.6 Å². The minimum absolute atomic E-state index is 0.177. The van der Waals surface area contributed by atoms with Gasteiger partial charge in [-0.15, -0.1) is 0 Å². The first-order valence-electron chi connectivity index (χ1n) is 5.90. The van der Waals surface area contributed by atoms with Gasteiger partial charge in [-0.3, -0.25) is 9.59 Å². The minimum atomic E-state index is -0.676. The van der Waals surface area contributed by atoms with Crippen LogP contribution in [0.15, 0.2) is 18.2 Å². The maximum absolute atomic E-state index is 13.4. The third-order valence-corrected chi connectivity index (χ3v) is 2.53. The van der Waals surface area contributed by atoms with Crippen LogP contribution in [0.5, 0.6) is 0 Å². The SMILES string of the molecule is CC(C)CNC(=O)CNC(=O)c1cc(Cl)ccc1F. The molecule has 1 aromatic rings. The molecule has 0 spiro atoms. The highest BCUT2D eigenvalue weighted by Crippen LogP contribution is 2.14. The van der Waals surface area contributed by atoms with Crippen LogP contribution in [0, 0.1) is 11.7 Å². The maximum Gasteiger partial charge on any atom is 0.254 e. The minimum Gasteiger partial charge on any atom is -0.354 e. The van der Waals surface area contributed by atoms with Crippen molar-refractivity contribution in [3.8, 4) is 0 Å². The zero-order chi connectivity index (χ0) is 14.4. The molecule has 19 heavy (non-hydrogen) atoms. The van der Waals surface area contributed by atoms with E-state index in [0.717, 1.165) is 6.07 Å². The summed E-state index contributed by atoms with van der Waals surface area (Å²) in [5.41, 5.74) is -0.177. The number of nitrogens with one attached hydrogen (secondary N) is 2. The summed E-state index contributed by atoms with van der Waals surface area (Å²) in [5.74, 6) is -1.33. The molecular weight excluding hydrogens is 271 g/mol. The second-order valence-electron chi connectivity index (χ2n) is 4.50. The van der Waals surface area contributed by atoms with E-state index in [4.69, 9.17) is 11.6 Å². The Morgan fingerprint density at radius 2 is 2.00 bits per heavy atom. The lowest BCUT2D eigenvalue weighted by atomic mass is 10.2. The molecule has 0 aromatic heterocycles. The number of rotatable bonds is 5. The number of hydrogen-bond donors (Lipinski definition) is 2. The summed E-state index contributed by atoms with van der Waals surface area (Å²) in [6, 6.07) is 3.68. The summed E-state index contributed by atoms with van der Waals surface area (Å²) in [4.78, 5) is 23.1. The van der Waals surface area contributed by atoms with Gasteiger partial charge in [0.2, 0.25) is 5.91 Å². The summed E-state index contributed by atoms with van der Waals surface area (Å²) in [5, 5.41) is 5.24. The molecule has 0 saturated carbocycles. The number of halogens is 2. The van der Waals surface area contributed by atoms with Gasteiger partial charge in [0.25, 0.3) is 5.91 Å². The van der Waals surface area contributed by atoms with E-state index in [1.807, 2.05) is 13.8 Å². The van der Waals surface area contributed by atoms with Gasteiger partial charge in [-0.1, -0.05) is 25.4 Å². The Labute approximate surface area is 116 Å². The van der Waals surface area contributed by atoms with Crippen molar-refractivity contribution in [2.24, 2.45) is 5.92 Å². The number of carbonyl (C=O) groups excluding carboxylic acids is 2. The van der Waals surface area contributed by atoms with Crippen molar-refractivity contribution in [1.82, 2.24) is 10.6 Å². The van der Waals surface area contributed by atoms with Crippen LogP contribution < -0.4 is 10.6 Å². The third kappa shape index (κ3) is 5.26. The molecule has 0 aliphatic heterocycles. The molecule has 1 rings (SSSR count). The number of carbonyl (C=O) groups is 2. The molecule has 0 radical (unpaired) electrons. The van der Waals surface area contributed by atoms with E-state index in [1.54, 1.807) is 0 Å². The van der Waals surface area contributed by atoms with Gasteiger partial charge in [0.05, 0.1) is 12.1 Å². The predicted molar refractivity (Wildman–Crippen MR) is 71.6 cm³/mol. The van der Waals surface area contributed by atoms with Crippen molar-refractivity contribution in [3.63, 3.8) is 0 Å². The molecule has 0 fully saturated rings. The Hall–Kier alpha value is -1.62. The van der Waals surface area contributed by atoms with Gasteiger partial charge < -0.3 is 10.6 Å². The van der Waals surface area contributed by atoms with Crippen molar-refractivity contribution in [2.45, 2.75) is 13.8 Å². The monoisotopic (exact) mass is 286 g/mol. The van der Waals surface area contributed by atoms with Crippen molar-refractivity contribution in [1.29, 1.82) is 0 Å². The first-order chi connectivity index (χ1) is 8.90. The fourth-order valence-corrected chi connectivity index (χ4v) is 1.48. The quantitative estimate of drug-likeness (QED) is 0.869. The Morgan fingerprint density at radius 1 is 1.32 bits per heavy atom. The summed E-state index contributed by atoms with van der Waals surface area (Å²) >= 11 is 5.68. The second-order valence-corrected chi connectivity index (χ2v) is 4.94. The summed E-state index contributed by atoms with van der Waals surface area (Å²) in [6.45, 7) is 4.25. The van der Waals surface area contributed by atoms with Crippen molar-refractivity contribution >= 4 is 23.4 Å². The molecule has 0 aliphatic carbocycles. The molecule has 1 aromatic carbocycles. The lowest BCUT2D eigenvalue weighted by Crippen LogP contribution is -2.38. The lowest BCUT2D eigenvalue weighted by molar-refractivity contribution is -0.120. The summed E-state index contributed by atoms with van der Waals surface area (Å²) < 4.78 is 13.4. The highest BCUT2D eigenvalue weighted by Gasteiger charge is 2.13. The normalized spacial score (nSPS) is 10.4. The Kier molecular flexibility index (Phi) is 5.76. The van der Waals surface area contributed by atoms with Gasteiger partial charge in [0, 0.05) is 11.6 Å². The van der Waals surface area contributed by atoms with Crippen LogP contribution in [0.25, 0.3) is 0 Å². The van der Waals surface area contributed by atoms with Gasteiger partial charge in [0.1, 0.15) is 5.82 Å². The van der Waals surface area contributed by atoms with E-state index in [0.29, 0.717) is 12.5 Å². The largest absolute Gasteiger partial charge is 0.354 e. The van der Waals surface area contributed by atoms with Crippen LogP contribution in [0.3, 0.4) is 0 Å². The predicted octanol–water partition coefficient (Wildman–Crippen LogP) is 1.98.